The molecule has 0 aliphatic carbocycles. The maximum absolute atomic E-state index is 17.0. The first-order valence-corrected chi connectivity index (χ1v) is 16.2. The lowest BCUT2D eigenvalue weighted by Crippen LogP contribution is -2.44. The monoisotopic (exact) mass is 674 g/mol. The smallest absolute Gasteiger partial charge is 0.417 e. The molecule has 2 aromatic heterocycles. The fourth-order valence-corrected chi connectivity index (χ4v) is 9.07. The molecule has 0 saturated carbocycles. The Labute approximate surface area is 268 Å². The highest BCUT2D eigenvalue weighted by molar-refractivity contribution is 7.23. The molecule has 246 valence electrons. The highest BCUT2D eigenvalue weighted by atomic mass is 32.1. The van der Waals surface area contributed by atoms with Gasteiger partial charge in [-0.25, -0.2) is 13.2 Å². The van der Waals surface area contributed by atoms with Gasteiger partial charge in [0, 0.05) is 35.8 Å². The van der Waals surface area contributed by atoms with E-state index in [1.807, 2.05) is 22.8 Å². The van der Waals surface area contributed by atoms with E-state index in [0.717, 1.165) is 24.6 Å². The predicted octanol–water partition coefficient (Wildman–Crippen LogP) is 6.58. The molecule has 5 atom stereocenters. The Kier molecular flexibility index (Phi) is 6.85. The second kappa shape index (κ2) is 10.6. The third-order valence-corrected chi connectivity index (χ3v) is 11.2. The minimum Gasteiger partial charge on any atom is -0.461 e. The second-order valence-electron chi connectivity index (χ2n) is 12.9. The molecule has 5 unspecified atom stereocenters. The number of hydrogen-bond acceptors (Lipinski definition) is 9. The highest BCUT2D eigenvalue weighted by Gasteiger charge is 2.50. The standard InChI is InChI=1S/C32H28F6N6O2S/c1-14-22-7-16(46-14)12-44(22)29-18-8-20(32(36,37)38)24(17-3-4-21(34)27-23(17)19(10-39)28(40)47-27)25(35)26(18)41-30(42-29)45-13-31-5-2-6-43(31)11-15(33)9-31/h3-4,8,14-16,22H,2,5-7,9,11-13,40H2,1H3. The number of nitrogens with zero attached hydrogens (tertiary/aromatic N) is 5. The molecule has 47 heavy (non-hydrogen) atoms. The summed E-state index contributed by atoms with van der Waals surface area (Å²) in [5.74, 6) is -2.06. The zero-order valence-corrected chi connectivity index (χ0v) is 25.8. The van der Waals surface area contributed by atoms with Gasteiger partial charge in [0.05, 0.1) is 39.6 Å². The third-order valence-electron chi connectivity index (χ3n) is 10.2. The predicted molar refractivity (Wildman–Crippen MR) is 163 cm³/mol. The molecule has 4 aromatic rings. The number of fused-ring (bicyclic) bond motifs is 5. The highest BCUT2D eigenvalue weighted by Crippen LogP contribution is 2.49. The molecule has 15 heteroatoms. The topological polar surface area (TPSA) is 101 Å². The maximum Gasteiger partial charge on any atom is 0.417 e. The summed E-state index contributed by atoms with van der Waals surface area (Å²) >= 11 is 0.698. The average molecular weight is 675 g/mol. The molecule has 4 aliphatic rings. The van der Waals surface area contributed by atoms with Crippen LogP contribution < -0.4 is 15.4 Å². The molecule has 4 aliphatic heterocycles. The molecule has 4 saturated heterocycles. The SMILES string of the molecule is CC1OC2CC1N(c1nc(OCC34CCCN3CC(F)C4)nc3c(F)c(-c4ccc(F)c5sc(N)c(C#N)c45)c(C(F)(F)F)cc13)C2. The molecular formula is C32H28F6N6O2S. The number of halogens is 6. The number of hydrogen-bond donors (Lipinski definition) is 1. The first kappa shape index (κ1) is 30.5. The van der Waals surface area contributed by atoms with Crippen molar-refractivity contribution in [1.82, 2.24) is 14.9 Å². The number of thiophene rings is 1. The van der Waals surface area contributed by atoms with Crippen molar-refractivity contribution in [3.05, 3.63) is 41.0 Å². The Balaban J connectivity index is 1.36. The van der Waals surface area contributed by atoms with Crippen LogP contribution in [0, 0.1) is 23.0 Å². The minimum absolute atomic E-state index is 0.0251. The fourth-order valence-electron chi connectivity index (χ4n) is 8.13. The van der Waals surface area contributed by atoms with Crippen molar-refractivity contribution >= 4 is 43.1 Å². The molecule has 0 radical (unpaired) electrons. The van der Waals surface area contributed by atoms with Crippen molar-refractivity contribution in [3.63, 3.8) is 0 Å². The number of rotatable bonds is 5. The van der Waals surface area contributed by atoms with Gasteiger partial charge in [0.1, 0.15) is 41.0 Å². The molecule has 2 bridgehead atoms. The molecule has 2 aromatic carbocycles. The Morgan fingerprint density at radius 3 is 2.77 bits per heavy atom. The van der Waals surface area contributed by atoms with E-state index < -0.39 is 46.2 Å². The Morgan fingerprint density at radius 2 is 2.04 bits per heavy atom. The molecule has 0 spiro atoms. The van der Waals surface area contributed by atoms with Gasteiger partial charge >= 0.3 is 12.2 Å². The summed E-state index contributed by atoms with van der Waals surface area (Å²) in [6.07, 6.45) is -4.08. The number of nitrogens with two attached hydrogens (primary N) is 1. The number of anilines is 2. The van der Waals surface area contributed by atoms with Crippen LogP contribution in [0.2, 0.25) is 0 Å². The minimum atomic E-state index is -5.07. The fraction of sp³-hybridized carbons (Fsp3) is 0.469. The van der Waals surface area contributed by atoms with Crippen LogP contribution in [0.1, 0.15) is 43.7 Å². The summed E-state index contributed by atoms with van der Waals surface area (Å²) in [6.45, 7) is 3.20. The van der Waals surface area contributed by atoms with E-state index in [-0.39, 0.29) is 81.3 Å². The Bertz CT molecular complexity index is 2000. The van der Waals surface area contributed by atoms with Crippen LogP contribution in [0.4, 0.5) is 37.2 Å². The van der Waals surface area contributed by atoms with Crippen LogP contribution >= 0.6 is 11.3 Å². The normalized spacial score (nSPS) is 27.3. The summed E-state index contributed by atoms with van der Waals surface area (Å²) in [5, 5.41) is 9.29. The van der Waals surface area contributed by atoms with Crippen molar-refractivity contribution in [1.29, 1.82) is 5.26 Å². The number of nitriles is 1. The van der Waals surface area contributed by atoms with E-state index in [4.69, 9.17) is 15.2 Å². The summed E-state index contributed by atoms with van der Waals surface area (Å²) in [7, 11) is 0. The number of alkyl halides is 4. The van der Waals surface area contributed by atoms with Crippen LogP contribution in [-0.4, -0.2) is 71.1 Å². The van der Waals surface area contributed by atoms with E-state index in [9.17, 15) is 27.2 Å². The molecule has 2 N–H and O–H groups in total. The lowest BCUT2D eigenvalue weighted by atomic mass is 9.92. The lowest BCUT2D eigenvalue weighted by molar-refractivity contribution is -0.137. The van der Waals surface area contributed by atoms with Gasteiger partial charge in [0.2, 0.25) is 0 Å². The molecule has 0 amide bonds. The maximum atomic E-state index is 17.0. The van der Waals surface area contributed by atoms with Gasteiger partial charge in [-0.1, -0.05) is 6.07 Å². The van der Waals surface area contributed by atoms with Crippen LogP contribution in [0.5, 0.6) is 6.01 Å². The molecule has 6 heterocycles. The molecule has 8 nitrogen and oxygen atoms in total. The van der Waals surface area contributed by atoms with Gasteiger partial charge in [-0.3, -0.25) is 4.90 Å². The first-order valence-electron chi connectivity index (χ1n) is 15.3. The van der Waals surface area contributed by atoms with E-state index >= 15 is 4.39 Å². The van der Waals surface area contributed by atoms with Crippen LogP contribution in [0.25, 0.3) is 32.1 Å². The summed E-state index contributed by atoms with van der Waals surface area (Å²) in [4.78, 5) is 12.7. The molecule has 8 rings (SSSR count). The van der Waals surface area contributed by atoms with E-state index in [0.29, 0.717) is 37.3 Å². The van der Waals surface area contributed by atoms with Crippen molar-refractivity contribution < 1.29 is 35.8 Å². The van der Waals surface area contributed by atoms with Gasteiger partial charge in [0.15, 0.2) is 5.82 Å². The number of nitrogen functional groups attached to an aromatic ring is 1. The van der Waals surface area contributed by atoms with Gasteiger partial charge in [-0.15, -0.1) is 11.3 Å². The number of aromatic nitrogens is 2. The summed E-state index contributed by atoms with van der Waals surface area (Å²) < 4.78 is 103. The lowest BCUT2D eigenvalue weighted by Gasteiger charge is -2.34. The van der Waals surface area contributed by atoms with Crippen LogP contribution in [0.15, 0.2) is 18.2 Å². The summed E-state index contributed by atoms with van der Waals surface area (Å²) in [5.41, 5.74) is 2.12. The Hall–Kier alpha value is -3.87. The average Bonchev–Trinajstić information content (AvgIpc) is 3.82. The van der Waals surface area contributed by atoms with Gasteiger partial charge in [0.25, 0.3) is 0 Å². The van der Waals surface area contributed by atoms with Crippen molar-refractivity contribution in [2.75, 3.05) is 36.9 Å². The van der Waals surface area contributed by atoms with Gasteiger partial charge in [-0.2, -0.15) is 28.4 Å². The number of ether oxygens (including phenoxy) is 2. The number of benzene rings is 2. The van der Waals surface area contributed by atoms with E-state index in [1.54, 1.807) is 0 Å². The molecular weight excluding hydrogens is 646 g/mol. The second-order valence-corrected chi connectivity index (χ2v) is 13.9. The van der Waals surface area contributed by atoms with Crippen molar-refractivity contribution in [2.45, 2.75) is 68.7 Å². The number of morpholine rings is 1. The third kappa shape index (κ3) is 4.62. The quantitative estimate of drug-likeness (QED) is 0.237. The zero-order valence-electron chi connectivity index (χ0n) is 25.0. The van der Waals surface area contributed by atoms with Gasteiger partial charge < -0.3 is 20.1 Å². The van der Waals surface area contributed by atoms with Crippen LogP contribution in [-0.2, 0) is 10.9 Å². The zero-order chi connectivity index (χ0) is 33.0. The first-order chi connectivity index (χ1) is 22.4. The largest absolute Gasteiger partial charge is 0.461 e. The van der Waals surface area contributed by atoms with Crippen molar-refractivity contribution in [2.24, 2.45) is 0 Å². The van der Waals surface area contributed by atoms with Gasteiger partial charge in [-0.05, 0) is 50.4 Å². The Morgan fingerprint density at radius 1 is 1.23 bits per heavy atom. The van der Waals surface area contributed by atoms with E-state index in [2.05, 4.69) is 9.97 Å². The molecule has 4 fully saturated rings. The van der Waals surface area contributed by atoms with E-state index in [1.165, 1.54) is 0 Å². The van der Waals surface area contributed by atoms with Crippen molar-refractivity contribution in [3.8, 4) is 23.2 Å². The summed E-state index contributed by atoms with van der Waals surface area (Å²) in [6, 6.07) is 4.10. The van der Waals surface area contributed by atoms with Crippen LogP contribution in [0.3, 0.4) is 0 Å².